The number of nitrogens with two attached hydrogens (primary N) is 1. The highest BCUT2D eigenvalue weighted by molar-refractivity contribution is 5.39. The van der Waals surface area contributed by atoms with Gasteiger partial charge in [0.1, 0.15) is 11.5 Å². The van der Waals surface area contributed by atoms with Gasteiger partial charge in [-0.2, -0.15) is 4.39 Å². The van der Waals surface area contributed by atoms with Gasteiger partial charge >= 0.3 is 5.69 Å². The van der Waals surface area contributed by atoms with Gasteiger partial charge in [0.25, 0.3) is 0 Å². The Balaban J connectivity index is 2.15. The van der Waals surface area contributed by atoms with Crippen molar-refractivity contribution in [2.45, 2.75) is 19.4 Å². The molecule has 6 nitrogen and oxygen atoms in total. The fourth-order valence-electron chi connectivity index (χ4n) is 1.72. The molecule has 7 heteroatoms. The topological polar surface area (TPSA) is 91.3 Å². The monoisotopic (exact) mass is 291 g/mol. The van der Waals surface area contributed by atoms with Crippen LogP contribution in [0, 0.1) is 15.9 Å². The molecule has 110 valence electrons. The first-order valence-electron chi connectivity index (χ1n) is 6.34. The van der Waals surface area contributed by atoms with Crippen LogP contribution in [0.4, 0.5) is 10.1 Å². The van der Waals surface area contributed by atoms with Gasteiger partial charge in [-0.15, -0.1) is 0 Å². The molecule has 1 atom stereocenters. The lowest BCUT2D eigenvalue weighted by Crippen LogP contribution is -2.10. The van der Waals surface area contributed by atoms with E-state index in [2.05, 4.69) is 4.98 Å². The molecule has 0 saturated heterocycles. The average molecular weight is 291 g/mol. The van der Waals surface area contributed by atoms with Crippen LogP contribution in [-0.4, -0.2) is 9.91 Å². The van der Waals surface area contributed by atoms with Crippen molar-refractivity contribution in [3.63, 3.8) is 0 Å². The third-order valence-corrected chi connectivity index (χ3v) is 2.93. The van der Waals surface area contributed by atoms with E-state index in [0.29, 0.717) is 5.75 Å². The van der Waals surface area contributed by atoms with E-state index >= 15 is 0 Å². The van der Waals surface area contributed by atoms with Crippen molar-refractivity contribution in [1.82, 2.24) is 4.98 Å². The highest BCUT2D eigenvalue weighted by Gasteiger charge is 2.14. The summed E-state index contributed by atoms with van der Waals surface area (Å²) in [4.78, 5) is 13.9. The summed E-state index contributed by atoms with van der Waals surface area (Å²) in [6.07, 6.45) is 2.24. The Bertz CT molecular complexity index is 646. The highest BCUT2D eigenvalue weighted by atomic mass is 19.1. The van der Waals surface area contributed by atoms with Crippen LogP contribution in [-0.2, 0) is 0 Å². The van der Waals surface area contributed by atoms with Crippen LogP contribution in [0.2, 0.25) is 0 Å². The standard InChI is InChI=1S/C14H14FN3O3/c1-2-12(16)13-5-3-10(8-17-13)21-9-4-6-14(18(19)20)11(15)7-9/h3-8,12H,2,16H2,1H3/t12-/m0/s1. The highest BCUT2D eigenvalue weighted by Crippen LogP contribution is 2.26. The van der Waals surface area contributed by atoms with Crippen LogP contribution in [0.3, 0.4) is 0 Å². The van der Waals surface area contributed by atoms with Gasteiger partial charge in [-0.05, 0) is 24.6 Å². The zero-order valence-electron chi connectivity index (χ0n) is 11.3. The maximum Gasteiger partial charge on any atom is 0.305 e. The maximum atomic E-state index is 13.5. The summed E-state index contributed by atoms with van der Waals surface area (Å²) in [5.41, 5.74) is 5.99. The number of pyridine rings is 1. The lowest BCUT2D eigenvalue weighted by Gasteiger charge is -2.09. The summed E-state index contributed by atoms with van der Waals surface area (Å²) in [5.74, 6) is -0.391. The minimum absolute atomic E-state index is 0.143. The van der Waals surface area contributed by atoms with E-state index < -0.39 is 16.4 Å². The first-order chi connectivity index (χ1) is 10.0. The number of ether oxygens (including phenoxy) is 1. The molecule has 0 aliphatic carbocycles. The second-order valence-electron chi connectivity index (χ2n) is 4.41. The Labute approximate surface area is 120 Å². The number of halogens is 1. The SMILES string of the molecule is CC[C@H](N)c1ccc(Oc2ccc([N+](=O)[O-])c(F)c2)cn1. The summed E-state index contributed by atoms with van der Waals surface area (Å²) < 4.78 is 18.9. The molecule has 2 aromatic rings. The molecule has 1 aromatic carbocycles. The van der Waals surface area contributed by atoms with Crippen LogP contribution < -0.4 is 10.5 Å². The number of nitro benzene ring substituents is 1. The third kappa shape index (κ3) is 3.51. The largest absolute Gasteiger partial charge is 0.456 e. The molecule has 1 heterocycles. The molecule has 0 amide bonds. The van der Waals surface area contributed by atoms with Gasteiger partial charge in [0, 0.05) is 18.2 Å². The predicted octanol–water partition coefficient (Wildman–Crippen LogP) is 3.33. The first-order valence-corrected chi connectivity index (χ1v) is 6.34. The van der Waals surface area contributed by atoms with Gasteiger partial charge in [-0.25, -0.2) is 0 Å². The number of aromatic nitrogens is 1. The van der Waals surface area contributed by atoms with Gasteiger partial charge in [-0.3, -0.25) is 15.1 Å². The molecule has 21 heavy (non-hydrogen) atoms. The van der Waals surface area contributed by atoms with E-state index in [-0.39, 0.29) is 11.8 Å². The molecule has 0 aliphatic heterocycles. The number of nitrogens with zero attached hydrogens (tertiary/aromatic N) is 2. The Kier molecular flexibility index (Phi) is 4.44. The third-order valence-electron chi connectivity index (χ3n) is 2.93. The van der Waals surface area contributed by atoms with Crippen LogP contribution in [0.15, 0.2) is 36.5 Å². The smallest absolute Gasteiger partial charge is 0.305 e. The molecule has 2 rings (SSSR count). The molecule has 0 saturated carbocycles. The fraction of sp³-hybridized carbons (Fsp3) is 0.214. The molecule has 0 aliphatic rings. The normalized spacial score (nSPS) is 12.0. The van der Waals surface area contributed by atoms with Gasteiger partial charge in [0.2, 0.25) is 5.82 Å². The van der Waals surface area contributed by atoms with Crippen molar-refractivity contribution in [1.29, 1.82) is 0 Å². The average Bonchev–Trinajstić information content (AvgIpc) is 2.47. The molecule has 1 aromatic heterocycles. The van der Waals surface area contributed by atoms with Gasteiger partial charge < -0.3 is 10.5 Å². The summed E-state index contributed by atoms with van der Waals surface area (Å²) >= 11 is 0. The van der Waals surface area contributed by atoms with Crippen LogP contribution in [0.5, 0.6) is 11.5 Å². The number of hydrogen-bond donors (Lipinski definition) is 1. The van der Waals surface area contributed by atoms with Crippen molar-refractivity contribution < 1.29 is 14.1 Å². The van der Waals surface area contributed by atoms with Crippen LogP contribution in [0.1, 0.15) is 25.1 Å². The van der Waals surface area contributed by atoms with Crippen LogP contribution in [0.25, 0.3) is 0 Å². The maximum absolute atomic E-state index is 13.5. The Hall–Kier alpha value is -2.54. The van der Waals surface area contributed by atoms with E-state index in [0.717, 1.165) is 24.2 Å². The van der Waals surface area contributed by atoms with E-state index in [1.807, 2.05) is 6.92 Å². The molecule has 0 radical (unpaired) electrons. The van der Waals surface area contributed by atoms with Crippen molar-refractivity contribution in [2.75, 3.05) is 0 Å². The van der Waals surface area contributed by atoms with Crippen molar-refractivity contribution in [3.8, 4) is 11.5 Å². The zero-order valence-corrected chi connectivity index (χ0v) is 11.3. The lowest BCUT2D eigenvalue weighted by atomic mass is 10.1. The molecule has 0 bridgehead atoms. The number of hydrogen-bond acceptors (Lipinski definition) is 5. The van der Waals surface area contributed by atoms with Crippen molar-refractivity contribution >= 4 is 5.69 Å². The minimum atomic E-state index is -0.949. The van der Waals surface area contributed by atoms with E-state index in [4.69, 9.17) is 10.5 Å². The molecule has 0 fully saturated rings. The quantitative estimate of drug-likeness (QED) is 0.674. The van der Waals surface area contributed by atoms with Crippen molar-refractivity contribution in [2.24, 2.45) is 5.73 Å². The molecule has 2 N–H and O–H groups in total. The number of rotatable bonds is 5. The number of nitro groups is 1. The molecule has 0 unspecified atom stereocenters. The first kappa shape index (κ1) is 14.9. The zero-order chi connectivity index (χ0) is 15.4. The van der Waals surface area contributed by atoms with Gasteiger partial charge in [0.15, 0.2) is 0 Å². The number of benzene rings is 1. The van der Waals surface area contributed by atoms with E-state index in [1.54, 1.807) is 12.1 Å². The summed E-state index contributed by atoms with van der Waals surface area (Å²) in [6.45, 7) is 1.95. The summed E-state index contributed by atoms with van der Waals surface area (Å²) in [6, 6.07) is 6.59. The Morgan fingerprint density at radius 3 is 2.62 bits per heavy atom. The van der Waals surface area contributed by atoms with Crippen LogP contribution >= 0.6 is 0 Å². The Morgan fingerprint density at radius 1 is 1.38 bits per heavy atom. The Morgan fingerprint density at radius 2 is 2.10 bits per heavy atom. The van der Waals surface area contributed by atoms with E-state index in [1.165, 1.54) is 12.3 Å². The van der Waals surface area contributed by atoms with Crippen molar-refractivity contribution in [3.05, 3.63) is 58.2 Å². The second kappa shape index (κ2) is 6.27. The molecular weight excluding hydrogens is 277 g/mol. The molecule has 0 spiro atoms. The summed E-state index contributed by atoms with van der Waals surface area (Å²) in [7, 11) is 0. The van der Waals surface area contributed by atoms with Gasteiger partial charge in [0.05, 0.1) is 16.8 Å². The fourth-order valence-corrected chi connectivity index (χ4v) is 1.72. The van der Waals surface area contributed by atoms with Gasteiger partial charge in [-0.1, -0.05) is 6.92 Å². The summed E-state index contributed by atoms with van der Waals surface area (Å²) in [5, 5.41) is 10.5. The minimum Gasteiger partial charge on any atom is -0.456 e. The predicted molar refractivity (Wildman–Crippen MR) is 74.6 cm³/mol. The lowest BCUT2D eigenvalue weighted by molar-refractivity contribution is -0.387. The second-order valence-corrected chi connectivity index (χ2v) is 4.41. The van der Waals surface area contributed by atoms with E-state index in [9.17, 15) is 14.5 Å². The molecular formula is C14H14FN3O3.